The number of fused-ring (bicyclic) bond motifs is 3. The molecule has 0 aliphatic carbocycles. The first-order valence-corrected chi connectivity index (χ1v) is 7.70. The number of hydrogen-bond donors (Lipinski definition) is 2. The van der Waals surface area contributed by atoms with Gasteiger partial charge in [-0.3, -0.25) is 0 Å². The molecule has 0 saturated carbocycles. The summed E-state index contributed by atoms with van der Waals surface area (Å²) < 4.78 is 20.2. The van der Waals surface area contributed by atoms with E-state index in [1.54, 1.807) is 12.1 Å². The van der Waals surface area contributed by atoms with Crippen molar-refractivity contribution in [1.29, 1.82) is 0 Å². The summed E-state index contributed by atoms with van der Waals surface area (Å²) in [5, 5.41) is 13.5. The molecule has 2 heterocycles. The first kappa shape index (κ1) is 13.6. The van der Waals surface area contributed by atoms with Crippen molar-refractivity contribution < 1.29 is 14.2 Å². The summed E-state index contributed by atoms with van der Waals surface area (Å²) in [6.45, 7) is 0.709. The second-order valence-electron chi connectivity index (χ2n) is 5.98. The van der Waals surface area contributed by atoms with Gasteiger partial charge in [-0.15, -0.1) is 0 Å². The van der Waals surface area contributed by atoms with Crippen LogP contribution in [0, 0.1) is 11.7 Å². The molecule has 0 aromatic heterocycles. The number of phenols is 1. The lowest BCUT2D eigenvalue weighted by Gasteiger charge is -2.43. The van der Waals surface area contributed by atoms with Crippen LogP contribution in [0.4, 0.5) is 10.1 Å². The number of anilines is 1. The quantitative estimate of drug-likeness (QED) is 0.777. The molecular formula is C18H18FNO2. The minimum absolute atomic E-state index is 0.0956. The highest BCUT2D eigenvalue weighted by Gasteiger charge is 2.41. The van der Waals surface area contributed by atoms with Gasteiger partial charge in [0.1, 0.15) is 11.6 Å². The monoisotopic (exact) mass is 299 g/mol. The minimum Gasteiger partial charge on any atom is -0.506 e. The molecule has 0 amide bonds. The highest BCUT2D eigenvalue weighted by Crippen LogP contribution is 2.51. The van der Waals surface area contributed by atoms with E-state index in [0.29, 0.717) is 17.9 Å². The zero-order chi connectivity index (χ0) is 15.1. The maximum absolute atomic E-state index is 14.3. The molecule has 2 N–H and O–H groups in total. The Bertz CT molecular complexity index is 703. The highest BCUT2D eigenvalue weighted by atomic mass is 19.1. The van der Waals surface area contributed by atoms with Crippen molar-refractivity contribution >= 4 is 5.69 Å². The van der Waals surface area contributed by atoms with Crippen molar-refractivity contribution in [3.05, 3.63) is 59.4 Å². The molecule has 3 atom stereocenters. The van der Waals surface area contributed by atoms with E-state index in [1.165, 1.54) is 6.07 Å². The molecule has 0 unspecified atom stereocenters. The van der Waals surface area contributed by atoms with E-state index < -0.39 is 0 Å². The second-order valence-corrected chi connectivity index (χ2v) is 5.98. The maximum atomic E-state index is 14.3. The minimum atomic E-state index is -0.219. The summed E-state index contributed by atoms with van der Waals surface area (Å²) in [6.07, 6.45) is 1.86. The summed E-state index contributed by atoms with van der Waals surface area (Å²) in [4.78, 5) is 0. The molecule has 2 aromatic carbocycles. The molecule has 0 radical (unpaired) electrons. The van der Waals surface area contributed by atoms with Gasteiger partial charge >= 0.3 is 0 Å². The third kappa shape index (κ3) is 2.06. The Balaban J connectivity index is 1.83. The Kier molecular flexibility index (Phi) is 3.26. The van der Waals surface area contributed by atoms with Gasteiger partial charge in [-0.1, -0.05) is 30.3 Å². The molecule has 1 fully saturated rings. The summed E-state index contributed by atoms with van der Waals surface area (Å²) in [5.41, 5.74) is 2.27. The predicted molar refractivity (Wildman–Crippen MR) is 82.3 cm³/mol. The third-order valence-electron chi connectivity index (χ3n) is 4.72. The van der Waals surface area contributed by atoms with E-state index in [4.69, 9.17) is 4.74 Å². The van der Waals surface area contributed by atoms with Crippen LogP contribution < -0.4 is 5.32 Å². The molecule has 2 aromatic rings. The van der Waals surface area contributed by atoms with Crippen LogP contribution in [-0.2, 0) is 4.74 Å². The standard InChI is InChI=1S/C18H18FNO2/c19-14-8-2-1-5-11(14)16-12-7-4-10-22-18(12)13-6-3-9-15(21)17(13)20-16/h1-3,5-6,8-9,12,16,18,20-21H,4,7,10H2/t12-,16-,18-/m1/s1. The average Bonchev–Trinajstić information content (AvgIpc) is 2.55. The summed E-state index contributed by atoms with van der Waals surface area (Å²) in [6, 6.07) is 12.1. The number of phenolic OH excluding ortho intramolecular Hbond substituents is 1. The number of aromatic hydroxyl groups is 1. The smallest absolute Gasteiger partial charge is 0.139 e. The highest BCUT2D eigenvalue weighted by molar-refractivity contribution is 5.65. The number of nitrogens with one attached hydrogen (secondary N) is 1. The molecule has 2 aliphatic rings. The van der Waals surface area contributed by atoms with Gasteiger partial charge in [-0.05, 0) is 25.0 Å². The second kappa shape index (κ2) is 5.29. The summed E-state index contributed by atoms with van der Waals surface area (Å²) in [7, 11) is 0. The van der Waals surface area contributed by atoms with Crippen molar-refractivity contribution in [2.45, 2.75) is 25.0 Å². The molecule has 0 bridgehead atoms. The van der Waals surface area contributed by atoms with Gasteiger partial charge in [-0.25, -0.2) is 4.39 Å². The topological polar surface area (TPSA) is 41.5 Å². The van der Waals surface area contributed by atoms with Crippen molar-refractivity contribution in [3.8, 4) is 5.75 Å². The van der Waals surface area contributed by atoms with Gasteiger partial charge in [-0.2, -0.15) is 0 Å². The molecule has 4 heteroatoms. The van der Waals surface area contributed by atoms with Gasteiger partial charge in [0.05, 0.1) is 17.8 Å². The summed E-state index contributed by atoms with van der Waals surface area (Å²) in [5.74, 6) is 0.134. The number of para-hydroxylation sites is 1. The number of hydrogen-bond acceptors (Lipinski definition) is 3. The lowest BCUT2D eigenvalue weighted by Crippen LogP contribution is -2.36. The lowest BCUT2D eigenvalue weighted by atomic mass is 9.77. The Morgan fingerprint density at radius 2 is 1.91 bits per heavy atom. The van der Waals surface area contributed by atoms with E-state index in [-0.39, 0.29) is 29.6 Å². The maximum Gasteiger partial charge on any atom is 0.139 e. The zero-order valence-corrected chi connectivity index (χ0v) is 12.1. The van der Waals surface area contributed by atoms with Gasteiger partial charge in [0.2, 0.25) is 0 Å². The molecule has 22 heavy (non-hydrogen) atoms. The first-order chi connectivity index (χ1) is 10.8. The van der Waals surface area contributed by atoms with Crippen LogP contribution in [-0.4, -0.2) is 11.7 Å². The number of benzene rings is 2. The van der Waals surface area contributed by atoms with E-state index in [0.717, 1.165) is 18.4 Å². The van der Waals surface area contributed by atoms with Gasteiger partial charge in [0.25, 0.3) is 0 Å². The van der Waals surface area contributed by atoms with Gasteiger partial charge in [0, 0.05) is 23.7 Å². The van der Waals surface area contributed by atoms with Crippen molar-refractivity contribution in [3.63, 3.8) is 0 Å². The predicted octanol–water partition coefficient (Wildman–Crippen LogP) is 4.17. The van der Waals surface area contributed by atoms with Crippen LogP contribution in [0.1, 0.15) is 36.1 Å². The molecular weight excluding hydrogens is 281 g/mol. The van der Waals surface area contributed by atoms with Crippen LogP contribution in [0.5, 0.6) is 5.75 Å². The van der Waals surface area contributed by atoms with E-state index in [2.05, 4.69) is 5.32 Å². The Hall–Kier alpha value is -2.07. The molecule has 1 saturated heterocycles. The largest absolute Gasteiger partial charge is 0.506 e. The fourth-order valence-corrected chi connectivity index (χ4v) is 3.72. The van der Waals surface area contributed by atoms with E-state index in [9.17, 15) is 9.50 Å². The fraction of sp³-hybridized carbons (Fsp3) is 0.333. The summed E-state index contributed by atoms with van der Waals surface area (Å²) >= 11 is 0. The van der Waals surface area contributed by atoms with Crippen LogP contribution in [0.25, 0.3) is 0 Å². The SMILES string of the molecule is Oc1cccc2c1N[C@H](c1ccccc1F)[C@H]1CCCO[C@@H]21. The third-order valence-corrected chi connectivity index (χ3v) is 4.72. The molecule has 4 rings (SSSR count). The van der Waals surface area contributed by atoms with E-state index in [1.807, 2.05) is 24.3 Å². The molecule has 0 spiro atoms. The van der Waals surface area contributed by atoms with Crippen molar-refractivity contribution in [2.24, 2.45) is 5.92 Å². The first-order valence-electron chi connectivity index (χ1n) is 7.70. The Labute approximate surface area is 128 Å². The average molecular weight is 299 g/mol. The Morgan fingerprint density at radius 1 is 1.09 bits per heavy atom. The number of rotatable bonds is 1. The van der Waals surface area contributed by atoms with Crippen molar-refractivity contribution in [2.75, 3.05) is 11.9 Å². The molecule has 2 aliphatic heterocycles. The number of halogens is 1. The van der Waals surface area contributed by atoms with Crippen LogP contribution in [0.3, 0.4) is 0 Å². The van der Waals surface area contributed by atoms with Crippen LogP contribution in [0.15, 0.2) is 42.5 Å². The molecule has 3 nitrogen and oxygen atoms in total. The van der Waals surface area contributed by atoms with Gasteiger partial charge < -0.3 is 15.2 Å². The Morgan fingerprint density at radius 3 is 2.77 bits per heavy atom. The zero-order valence-electron chi connectivity index (χ0n) is 12.1. The normalized spacial score (nSPS) is 26.7. The lowest BCUT2D eigenvalue weighted by molar-refractivity contribution is -0.0385. The van der Waals surface area contributed by atoms with Crippen LogP contribution >= 0.6 is 0 Å². The van der Waals surface area contributed by atoms with Crippen molar-refractivity contribution in [1.82, 2.24) is 0 Å². The van der Waals surface area contributed by atoms with Gasteiger partial charge in [0.15, 0.2) is 0 Å². The number of ether oxygens (including phenoxy) is 1. The fourth-order valence-electron chi connectivity index (χ4n) is 3.72. The molecule has 114 valence electrons. The van der Waals surface area contributed by atoms with E-state index >= 15 is 0 Å². The van der Waals surface area contributed by atoms with Crippen LogP contribution in [0.2, 0.25) is 0 Å².